The van der Waals surface area contributed by atoms with E-state index in [1.54, 1.807) is 7.11 Å². The topological polar surface area (TPSA) is 24.5 Å². The second-order valence-electron chi connectivity index (χ2n) is 6.20. The molecule has 0 saturated heterocycles. The summed E-state index contributed by atoms with van der Waals surface area (Å²) in [4.78, 5) is 2.49. The van der Waals surface area contributed by atoms with Crippen molar-refractivity contribution in [2.24, 2.45) is 0 Å². The lowest BCUT2D eigenvalue weighted by molar-refractivity contribution is 0.0493. The van der Waals surface area contributed by atoms with E-state index >= 15 is 0 Å². The molecule has 1 aliphatic rings. The molecule has 0 aromatic rings. The molecule has 0 heterocycles. The zero-order valence-corrected chi connectivity index (χ0v) is 13.5. The Morgan fingerprint density at radius 1 is 1.21 bits per heavy atom. The van der Waals surface area contributed by atoms with Gasteiger partial charge in [0.15, 0.2) is 0 Å². The van der Waals surface area contributed by atoms with Crippen LogP contribution in [0.15, 0.2) is 0 Å². The number of likely N-dealkylation sites (N-methyl/N-ethyl adjacent to an activating group) is 1. The standard InChI is InChI=1S/C16H34N2O/c1-5-13-17-15(10-9-14-19-4)16(18(2)3)11-7-6-8-12-16/h15,17H,5-14H2,1-4H3. The van der Waals surface area contributed by atoms with Gasteiger partial charge in [0.25, 0.3) is 0 Å². The second kappa shape index (κ2) is 8.93. The average molecular weight is 270 g/mol. The minimum Gasteiger partial charge on any atom is -0.385 e. The normalized spacial score (nSPS) is 20.7. The summed E-state index contributed by atoms with van der Waals surface area (Å²) in [5, 5.41) is 3.82. The molecule has 0 aliphatic heterocycles. The molecule has 0 spiro atoms. The van der Waals surface area contributed by atoms with Gasteiger partial charge in [-0.15, -0.1) is 0 Å². The summed E-state index contributed by atoms with van der Waals surface area (Å²) in [7, 11) is 6.33. The molecule has 1 unspecified atom stereocenters. The van der Waals surface area contributed by atoms with Crippen molar-refractivity contribution in [2.45, 2.75) is 69.9 Å². The van der Waals surface area contributed by atoms with Gasteiger partial charge >= 0.3 is 0 Å². The molecule has 1 fully saturated rings. The molecule has 0 amide bonds. The van der Waals surface area contributed by atoms with Crippen LogP contribution in [0.3, 0.4) is 0 Å². The molecule has 19 heavy (non-hydrogen) atoms. The molecule has 114 valence electrons. The molecule has 1 rings (SSSR count). The fourth-order valence-electron chi connectivity index (χ4n) is 3.58. The largest absolute Gasteiger partial charge is 0.385 e. The van der Waals surface area contributed by atoms with Gasteiger partial charge in [-0.05, 0) is 52.7 Å². The third-order valence-corrected chi connectivity index (χ3v) is 4.74. The van der Waals surface area contributed by atoms with Crippen molar-refractivity contribution in [1.82, 2.24) is 10.2 Å². The van der Waals surface area contributed by atoms with Crippen molar-refractivity contribution < 1.29 is 4.74 Å². The lowest BCUT2D eigenvalue weighted by Crippen LogP contribution is -2.60. The van der Waals surface area contributed by atoms with E-state index in [1.807, 2.05) is 0 Å². The predicted octanol–water partition coefficient (Wildman–Crippen LogP) is 3.05. The first-order chi connectivity index (χ1) is 9.17. The van der Waals surface area contributed by atoms with Crippen molar-refractivity contribution in [3.8, 4) is 0 Å². The fourth-order valence-corrected chi connectivity index (χ4v) is 3.58. The Morgan fingerprint density at radius 3 is 2.42 bits per heavy atom. The van der Waals surface area contributed by atoms with Gasteiger partial charge < -0.3 is 15.0 Å². The summed E-state index contributed by atoms with van der Waals surface area (Å²) in [6.45, 7) is 4.27. The first kappa shape index (κ1) is 16.9. The van der Waals surface area contributed by atoms with Crippen molar-refractivity contribution in [1.29, 1.82) is 0 Å². The predicted molar refractivity (Wildman–Crippen MR) is 82.7 cm³/mol. The van der Waals surface area contributed by atoms with Crippen LogP contribution in [0.1, 0.15) is 58.3 Å². The number of hydrogen-bond donors (Lipinski definition) is 1. The maximum Gasteiger partial charge on any atom is 0.0462 e. The van der Waals surface area contributed by atoms with Crippen molar-refractivity contribution >= 4 is 0 Å². The Labute approximate surface area is 120 Å². The number of nitrogens with one attached hydrogen (secondary N) is 1. The number of nitrogens with zero attached hydrogens (tertiary/aromatic N) is 1. The van der Waals surface area contributed by atoms with Gasteiger partial charge in [-0.3, -0.25) is 0 Å². The van der Waals surface area contributed by atoms with Gasteiger partial charge in [-0.25, -0.2) is 0 Å². The monoisotopic (exact) mass is 270 g/mol. The average Bonchev–Trinajstić information content (AvgIpc) is 2.43. The Bertz CT molecular complexity index is 225. The third kappa shape index (κ3) is 4.73. The molecule has 0 radical (unpaired) electrons. The van der Waals surface area contributed by atoms with Crippen LogP contribution in [-0.4, -0.2) is 50.8 Å². The quantitative estimate of drug-likeness (QED) is 0.652. The van der Waals surface area contributed by atoms with Crippen molar-refractivity contribution in [3.63, 3.8) is 0 Å². The van der Waals surface area contributed by atoms with E-state index < -0.39 is 0 Å². The highest BCUT2D eigenvalue weighted by Gasteiger charge is 2.40. The molecule has 3 nitrogen and oxygen atoms in total. The molecule has 3 heteroatoms. The fraction of sp³-hybridized carbons (Fsp3) is 1.00. The van der Waals surface area contributed by atoms with Crippen LogP contribution in [0.4, 0.5) is 0 Å². The van der Waals surface area contributed by atoms with Gasteiger partial charge in [0.2, 0.25) is 0 Å². The van der Waals surface area contributed by atoms with Gasteiger partial charge in [-0.1, -0.05) is 26.2 Å². The summed E-state index contributed by atoms with van der Waals surface area (Å²) in [5.74, 6) is 0. The minimum absolute atomic E-state index is 0.362. The first-order valence-corrected chi connectivity index (χ1v) is 8.07. The molecule has 0 aromatic carbocycles. The number of methoxy groups -OCH3 is 1. The van der Waals surface area contributed by atoms with Crippen LogP contribution in [0.2, 0.25) is 0 Å². The van der Waals surface area contributed by atoms with E-state index in [-0.39, 0.29) is 0 Å². The third-order valence-electron chi connectivity index (χ3n) is 4.74. The van der Waals surface area contributed by atoms with Gasteiger partial charge in [0.05, 0.1) is 0 Å². The van der Waals surface area contributed by atoms with Gasteiger partial charge in [0, 0.05) is 25.3 Å². The zero-order chi connectivity index (χ0) is 14.1. The number of ether oxygens (including phenoxy) is 1. The molecular weight excluding hydrogens is 236 g/mol. The van der Waals surface area contributed by atoms with E-state index in [2.05, 4.69) is 31.2 Å². The number of rotatable bonds is 9. The Hall–Kier alpha value is -0.120. The molecule has 1 saturated carbocycles. The second-order valence-corrected chi connectivity index (χ2v) is 6.20. The van der Waals surface area contributed by atoms with Crippen LogP contribution >= 0.6 is 0 Å². The van der Waals surface area contributed by atoms with Gasteiger partial charge in [0.1, 0.15) is 0 Å². The smallest absolute Gasteiger partial charge is 0.0462 e. The highest BCUT2D eigenvalue weighted by molar-refractivity contribution is 5.00. The SMILES string of the molecule is CCCNC(CCCOC)C1(N(C)C)CCCCC1. The Kier molecular flexibility index (Phi) is 7.96. The zero-order valence-electron chi connectivity index (χ0n) is 13.5. The molecule has 1 aliphatic carbocycles. The first-order valence-electron chi connectivity index (χ1n) is 8.07. The maximum absolute atomic E-state index is 5.24. The highest BCUT2D eigenvalue weighted by atomic mass is 16.5. The van der Waals surface area contributed by atoms with Crippen LogP contribution < -0.4 is 5.32 Å². The van der Waals surface area contributed by atoms with E-state index in [4.69, 9.17) is 4.74 Å². The van der Waals surface area contributed by atoms with E-state index in [0.29, 0.717) is 11.6 Å². The van der Waals surface area contributed by atoms with Crippen molar-refractivity contribution in [2.75, 3.05) is 34.4 Å². The summed E-state index contributed by atoms with van der Waals surface area (Å²) in [6, 6.07) is 0.609. The lowest BCUT2D eigenvalue weighted by atomic mass is 9.74. The Morgan fingerprint density at radius 2 is 1.89 bits per heavy atom. The number of hydrogen-bond acceptors (Lipinski definition) is 3. The van der Waals surface area contributed by atoms with Crippen LogP contribution in [0.5, 0.6) is 0 Å². The van der Waals surface area contributed by atoms with E-state index in [0.717, 1.165) is 19.6 Å². The van der Waals surface area contributed by atoms with Crippen LogP contribution in [0, 0.1) is 0 Å². The molecular formula is C16H34N2O. The lowest BCUT2D eigenvalue weighted by Gasteiger charge is -2.49. The summed E-state index contributed by atoms with van der Waals surface area (Å²) in [6.07, 6.45) is 10.5. The molecule has 0 aromatic heterocycles. The summed E-state index contributed by atoms with van der Waals surface area (Å²) in [5.41, 5.74) is 0.362. The van der Waals surface area contributed by atoms with Gasteiger partial charge in [-0.2, -0.15) is 0 Å². The van der Waals surface area contributed by atoms with Crippen LogP contribution in [-0.2, 0) is 4.74 Å². The summed E-state index contributed by atoms with van der Waals surface area (Å²) < 4.78 is 5.24. The highest BCUT2D eigenvalue weighted by Crippen LogP contribution is 2.36. The summed E-state index contributed by atoms with van der Waals surface area (Å²) >= 11 is 0. The molecule has 1 atom stereocenters. The molecule has 0 bridgehead atoms. The van der Waals surface area contributed by atoms with E-state index in [1.165, 1.54) is 44.9 Å². The Balaban J connectivity index is 2.70. The van der Waals surface area contributed by atoms with Crippen molar-refractivity contribution in [3.05, 3.63) is 0 Å². The minimum atomic E-state index is 0.362. The van der Waals surface area contributed by atoms with E-state index in [9.17, 15) is 0 Å². The molecule has 1 N–H and O–H groups in total. The van der Waals surface area contributed by atoms with Crippen LogP contribution in [0.25, 0.3) is 0 Å². The maximum atomic E-state index is 5.24.